The zero-order valence-corrected chi connectivity index (χ0v) is 26.2. The van der Waals surface area contributed by atoms with Crippen molar-refractivity contribution in [3.8, 4) is 55.6 Å². The largest absolute Gasteiger partial charge is 0.0622 e. The number of fused-ring (bicyclic) bond motifs is 2. The maximum absolute atomic E-state index is 3.91. The van der Waals surface area contributed by atoms with Crippen LogP contribution in [-0.2, 0) is 0 Å². The molecule has 0 heterocycles. The maximum atomic E-state index is 3.91. The van der Waals surface area contributed by atoms with Crippen LogP contribution in [0.15, 0.2) is 180 Å². The van der Waals surface area contributed by atoms with Crippen molar-refractivity contribution in [2.75, 3.05) is 0 Å². The molecular formula is C44H29Br. The third-order valence-corrected chi connectivity index (χ3v) is 9.60. The first kappa shape index (κ1) is 27.3. The molecule has 0 unspecified atom stereocenters. The fourth-order valence-corrected chi connectivity index (χ4v) is 7.32. The topological polar surface area (TPSA) is 0 Å². The van der Waals surface area contributed by atoms with Gasteiger partial charge < -0.3 is 0 Å². The van der Waals surface area contributed by atoms with Gasteiger partial charge in [-0.15, -0.1) is 0 Å². The third-order valence-electron chi connectivity index (χ3n) is 8.74. The summed E-state index contributed by atoms with van der Waals surface area (Å²) in [5.41, 5.74) is 12.2. The van der Waals surface area contributed by atoms with E-state index in [9.17, 15) is 0 Å². The lowest BCUT2D eigenvalue weighted by molar-refractivity contribution is 1.54. The molecule has 0 fully saturated rings. The van der Waals surface area contributed by atoms with Crippen LogP contribution >= 0.6 is 15.9 Å². The highest BCUT2D eigenvalue weighted by Gasteiger charge is 2.18. The van der Waals surface area contributed by atoms with E-state index in [0.29, 0.717) is 0 Å². The van der Waals surface area contributed by atoms with Crippen molar-refractivity contribution in [2.45, 2.75) is 0 Å². The minimum atomic E-state index is 1.15. The molecule has 0 saturated heterocycles. The van der Waals surface area contributed by atoms with Crippen LogP contribution in [0.1, 0.15) is 0 Å². The smallest absolute Gasteiger partial charge is 0.0332 e. The highest BCUT2D eigenvalue weighted by Crippen LogP contribution is 2.45. The fourth-order valence-electron chi connectivity index (χ4n) is 6.63. The second-order valence-electron chi connectivity index (χ2n) is 11.4. The van der Waals surface area contributed by atoms with Crippen molar-refractivity contribution in [1.82, 2.24) is 0 Å². The summed E-state index contributed by atoms with van der Waals surface area (Å²) in [5.74, 6) is 0. The first-order chi connectivity index (χ1) is 22.3. The Balaban J connectivity index is 1.38. The number of hydrogen-bond acceptors (Lipinski definition) is 0. The van der Waals surface area contributed by atoms with E-state index < -0.39 is 0 Å². The first-order valence-corrected chi connectivity index (χ1v) is 16.1. The Morgan fingerprint density at radius 2 is 0.622 bits per heavy atom. The maximum Gasteiger partial charge on any atom is 0.0332 e. The zero-order valence-electron chi connectivity index (χ0n) is 24.6. The summed E-state index contributed by atoms with van der Waals surface area (Å²) in [6, 6.07) is 63.5. The van der Waals surface area contributed by atoms with Gasteiger partial charge in [-0.25, -0.2) is 0 Å². The molecule has 0 spiro atoms. The van der Waals surface area contributed by atoms with Gasteiger partial charge in [-0.2, -0.15) is 0 Å². The van der Waals surface area contributed by atoms with Gasteiger partial charge in [-0.05, 0) is 105 Å². The molecule has 0 amide bonds. The normalized spacial score (nSPS) is 11.2. The van der Waals surface area contributed by atoms with Crippen molar-refractivity contribution in [3.63, 3.8) is 0 Å². The van der Waals surface area contributed by atoms with Crippen molar-refractivity contribution in [3.05, 3.63) is 180 Å². The third kappa shape index (κ3) is 4.96. The molecule has 45 heavy (non-hydrogen) atoms. The SMILES string of the molecule is Brc1c2ccccc2c(-c2ccc(-c3c(-c4ccccc4)cc(-c4ccccc4)cc3-c3ccccc3)cc2)c2ccccc12. The van der Waals surface area contributed by atoms with Crippen molar-refractivity contribution in [2.24, 2.45) is 0 Å². The molecule has 0 bridgehead atoms. The van der Waals surface area contributed by atoms with Gasteiger partial charge in [0.25, 0.3) is 0 Å². The van der Waals surface area contributed by atoms with Gasteiger partial charge in [0.2, 0.25) is 0 Å². The zero-order chi connectivity index (χ0) is 30.2. The highest BCUT2D eigenvalue weighted by atomic mass is 79.9. The van der Waals surface area contributed by atoms with Crippen LogP contribution in [0.2, 0.25) is 0 Å². The summed E-state index contributed by atoms with van der Waals surface area (Å²) < 4.78 is 1.15. The Bertz CT molecular complexity index is 2170. The average molecular weight is 638 g/mol. The molecule has 8 rings (SSSR count). The molecule has 0 radical (unpaired) electrons. The predicted molar refractivity (Wildman–Crippen MR) is 196 cm³/mol. The van der Waals surface area contributed by atoms with Crippen LogP contribution in [0.25, 0.3) is 77.2 Å². The lowest BCUT2D eigenvalue weighted by Gasteiger charge is -2.20. The fraction of sp³-hybridized carbons (Fsp3) is 0. The molecule has 0 N–H and O–H groups in total. The number of halogens is 1. The molecule has 1 heteroatoms. The number of rotatable bonds is 5. The molecule has 0 aliphatic rings. The summed E-state index contributed by atoms with van der Waals surface area (Å²) in [6.45, 7) is 0. The Kier molecular flexibility index (Phi) is 7.10. The van der Waals surface area contributed by atoms with Gasteiger partial charge in [-0.3, -0.25) is 0 Å². The van der Waals surface area contributed by atoms with Crippen molar-refractivity contribution < 1.29 is 0 Å². The standard InChI is InChI=1S/C44H29Br/c45-44-38-22-12-10-20-36(38)42(37-21-11-13-23-39(37)44)33-24-26-34(27-25-33)43-40(31-16-6-2-7-17-31)28-35(30-14-4-1-5-15-30)29-41(43)32-18-8-3-9-19-32/h1-29H. The minimum absolute atomic E-state index is 1.15. The van der Waals surface area contributed by atoms with Gasteiger partial charge in [0.05, 0.1) is 0 Å². The van der Waals surface area contributed by atoms with Gasteiger partial charge in [0.1, 0.15) is 0 Å². The highest BCUT2D eigenvalue weighted by molar-refractivity contribution is 9.10. The van der Waals surface area contributed by atoms with E-state index in [2.05, 4.69) is 192 Å². The van der Waals surface area contributed by atoms with E-state index in [4.69, 9.17) is 0 Å². The summed E-state index contributed by atoms with van der Waals surface area (Å²) in [5, 5.41) is 4.95. The second-order valence-corrected chi connectivity index (χ2v) is 12.2. The quantitative estimate of drug-likeness (QED) is 0.165. The van der Waals surface area contributed by atoms with Crippen molar-refractivity contribution >= 4 is 37.5 Å². The molecule has 0 aromatic heterocycles. The molecule has 0 nitrogen and oxygen atoms in total. The molecule has 212 valence electrons. The van der Waals surface area contributed by atoms with Crippen LogP contribution in [0.3, 0.4) is 0 Å². The summed E-state index contributed by atoms with van der Waals surface area (Å²) in [4.78, 5) is 0. The second kappa shape index (κ2) is 11.7. The lowest BCUT2D eigenvalue weighted by Crippen LogP contribution is -1.93. The van der Waals surface area contributed by atoms with Gasteiger partial charge >= 0.3 is 0 Å². The molecule has 0 aliphatic carbocycles. The Morgan fingerprint density at radius 1 is 0.267 bits per heavy atom. The van der Waals surface area contributed by atoms with Crippen LogP contribution in [0.4, 0.5) is 0 Å². The van der Waals surface area contributed by atoms with E-state index in [1.54, 1.807) is 0 Å². The van der Waals surface area contributed by atoms with Gasteiger partial charge in [0, 0.05) is 4.47 Å². The van der Waals surface area contributed by atoms with Crippen LogP contribution < -0.4 is 0 Å². The molecule has 8 aromatic rings. The predicted octanol–water partition coefficient (Wildman–Crippen LogP) is 13.1. The summed E-state index contributed by atoms with van der Waals surface area (Å²) in [7, 11) is 0. The molecule has 0 saturated carbocycles. The molecular weight excluding hydrogens is 608 g/mol. The van der Waals surface area contributed by atoms with Crippen LogP contribution in [0.5, 0.6) is 0 Å². The number of benzene rings is 8. The molecule has 0 atom stereocenters. The minimum Gasteiger partial charge on any atom is -0.0622 e. The van der Waals surface area contributed by atoms with E-state index in [0.717, 1.165) is 4.47 Å². The van der Waals surface area contributed by atoms with Crippen LogP contribution in [0, 0.1) is 0 Å². The molecule has 0 aliphatic heterocycles. The first-order valence-electron chi connectivity index (χ1n) is 15.3. The Hall–Kier alpha value is -5.24. The van der Waals surface area contributed by atoms with E-state index in [1.165, 1.54) is 77.2 Å². The Labute approximate surface area is 272 Å². The lowest BCUT2D eigenvalue weighted by atomic mass is 9.84. The van der Waals surface area contributed by atoms with E-state index in [-0.39, 0.29) is 0 Å². The average Bonchev–Trinajstić information content (AvgIpc) is 3.13. The van der Waals surface area contributed by atoms with E-state index >= 15 is 0 Å². The Morgan fingerprint density at radius 3 is 1.07 bits per heavy atom. The van der Waals surface area contributed by atoms with Gasteiger partial charge in [-0.1, -0.05) is 164 Å². The molecule has 8 aromatic carbocycles. The van der Waals surface area contributed by atoms with Crippen molar-refractivity contribution in [1.29, 1.82) is 0 Å². The monoisotopic (exact) mass is 636 g/mol. The summed E-state index contributed by atoms with van der Waals surface area (Å²) >= 11 is 3.91. The van der Waals surface area contributed by atoms with E-state index in [1.807, 2.05) is 0 Å². The van der Waals surface area contributed by atoms with Crippen LogP contribution in [-0.4, -0.2) is 0 Å². The van der Waals surface area contributed by atoms with Gasteiger partial charge in [0.15, 0.2) is 0 Å². The number of hydrogen-bond donors (Lipinski definition) is 0. The summed E-state index contributed by atoms with van der Waals surface area (Å²) in [6.07, 6.45) is 0.